The van der Waals surface area contributed by atoms with Crippen LogP contribution in [0.15, 0.2) is 77.3 Å². The third-order valence-electron chi connectivity index (χ3n) is 4.83. The summed E-state index contributed by atoms with van der Waals surface area (Å²) in [6, 6.07) is 20.5. The van der Waals surface area contributed by atoms with Crippen LogP contribution in [0.5, 0.6) is 17.4 Å². The Bertz CT molecular complexity index is 1180. The van der Waals surface area contributed by atoms with Crippen molar-refractivity contribution >= 4 is 5.91 Å². The number of benzene rings is 2. The fraction of sp³-hybridized carbons (Fsp3) is 0.200. The lowest BCUT2D eigenvalue weighted by molar-refractivity contribution is -0.121. The summed E-state index contributed by atoms with van der Waals surface area (Å²) >= 11 is 0. The highest BCUT2D eigenvalue weighted by atomic mass is 16.5. The molecule has 4 rings (SSSR count). The first-order valence-corrected chi connectivity index (χ1v) is 10.6. The van der Waals surface area contributed by atoms with Crippen LogP contribution >= 0.6 is 0 Å². The molecule has 2 heterocycles. The van der Waals surface area contributed by atoms with Crippen molar-refractivity contribution in [3.8, 4) is 28.8 Å². The fourth-order valence-electron chi connectivity index (χ4n) is 3.10. The van der Waals surface area contributed by atoms with E-state index in [0.29, 0.717) is 55.0 Å². The topological polar surface area (TPSA) is 99.4 Å². The second kappa shape index (κ2) is 10.9. The van der Waals surface area contributed by atoms with Crippen LogP contribution in [0, 0.1) is 0 Å². The van der Waals surface area contributed by atoms with Gasteiger partial charge in [0.15, 0.2) is 0 Å². The van der Waals surface area contributed by atoms with Gasteiger partial charge in [-0.1, -0.05) is 30.3 Å². The van der Waals surface area contributed by atoms with Gasteiger partial charge in [-0.15, -0.1) is 10.2 Å². The quantitative estimate of drug-likeness (QED) is 0.382. The number of hydrogen-bond acceptors (Lipinski definition) is 7. The monoisotopic (exact) mass is 444 g/mol. The number of nitrogens with one attached hydrogen (secondary N) is 1. The smallest absolute Gasteiger partial charge is 0.247 e. The van der Waals surface area contributed by atoms with Crippen LogP contribution in [0.2, 0.25) is 0 Å². The highest BCUT2D eigenvalue weighted by Gasteiger charge is 2.09. The predicted octanol–water partition coefficient (Wildman–Crippen LogP) is 4.57. The van der Waals surface area contributed by atoms with Crippen LogP contribution in [-0.4, -0.2) is 28.2 Å². The first kappa shape index (κ1) is 22.0. The van der Waals surface area contributed by atoms with Gasteiger partial charge in [-0.05, 0) is 36.2 Å². The van der Waals surface area contributed by atoms with Gasteiger partial charge in [0, 0.05) is 43.3 Å². The minimum atomic E-state index is -0.0468. The summed E-state index contributed by atoms with van der Waals surface area (Å²) in [5, 5.41) is 11.0. The fourth-order valence-corrected chi connectivity index (χ4v) is 3.10. The Balaban J connectivity index is 1.19. The predicted molar refractivity (Wildman–Crippen MR) is 122 cm³/mol. The number of hydrogen-bond donors (Lipinski definition) is 1. The molecule has 33 heavy (non-hydrogen) atoms. The van der Waals surface area contributed by atoms with Crippen LogP contribution in [0.1, 0.15) is 24.3 Å². The molecule has 1 amide bonds. The normalized spacial score (nSPS) is 10.6. The molecule has 0 radical (unpaired) electrons. The van der Waals surface area contributed by atoms with Crippen molar-refractivity contribution in [1.29, 1.82) is 0 Å². The van der Waals surface area contributed by atoms with Gasteiger partial charge in [0.05, 0.1) is 7.11 Å². The van der Waals surface area contributed by atoms with Gasteiger partial charge >= 0.3 is 0 Å². The molecule has 0 aliphatic heterocycles. The molecule has 8 heteroatoms. The maximum atomic E-state index is 12.2. The number of aryl methyl sites for hydroxylation is 1. The number of ether oxygens (including phenoxy) is 2. The Morgan fingerprint density at radius 1 is 1.00 bits per heavy atom. The molecule has 0 aliphatic carbocycles. The van der Waals surface area contributed by atoms with Gasteiger partial charge in [-0.25, -0.2) is 4.98 Å². The Hall–Kier alpha value is -4.20. The Morgan fingerprint density at radius 2 is 1.85 bits per heavy atom. The van der Waals surface area contributed by atoms with Gasteiger partial charge < -0.3 is 19.2 Å². The van der Waals surface area contributed by atoms with Gasteiger partial charge in [0.25, 0.3) is 0 Å². The van der Waals surface area contributed by atoms with E-state index < -0.39 is 0 Å². The largest absolute Gasteiger partial charge is 0.497 e. The maximum Gasteiger partial charge on any atom is 0.247 e. The van der Waals surface area contributed by atoms with E-state index in [1.807, 2.05) is 54.6 Å². The third kappa shape index (κ3) is 6.39. The average molecular weight is 444 g/mol. The number of nitrogens with zero attached hydrogens (tertiary/aromatic N) is 3. The molecule has 0 atom stereocenters. The highest BCUT2D eigenvalue weighted by molar-refractivity contribution is 5.75. The molecule has 1 N–H and O–H groups in total. The second-order valence-corrected chi connectivity index (χ2v) is 7.28. The number of carbonyl (C=O) groups excluding carboxylic acids is 1. The van der Waals surface area contributed by atoms with E-state index in [0.717, 1.165) is 11.1 Å². The standard InChI is InChI=1S/C25H24N4O4/c1-31-20-9-5-10-21(15-20)32-23-14-13-18(17-27-23)16-26-22(30)11-6-12-24-28-29-25(33-24)19-7-3-2-4-8-19/h2-5,7-10,13-15,17H,6,11-12,16H2,1H3,(H,26,30). The Labute approximate surface area is 191 Å². The molecule has 0 fully saturated rings. The van der Waals surface area contributed by atoms with E-state index in [2.05, 4.69) is 20.5 Å². The molecule has 8 nitrogen and oxygen atoms in total. The highest BCUT2D eigenvalue weighted by Crippen LogP contribution is 2.24. The van der Waals surface area contributed by atoms with Crippen LogP contribution in [0.25, 0.3) is 11.5 Å². The summed E-state index contributed by atoms with van der Waals surface area (Å²) in [7, 11) is 1.60. The van der Waals surface area contributed by atoms with Crippen molar-refractivity contribution in [2.45, 2.75) is 25.8 Å². The molecular weight excluding hydrogens is 420 g/mol. The van der Waals surface area contributed by atoms with Gasteiger partial charge in [-0.3, -0.25) is 4.79 Å². The molecular formula is C25H24N4O4. The summed E-state index contributed by atoms with van der Waals surface area (Å²) in [5.41, 5.74) is 1.76. The van der Waals surface area contributed by atoms with Crippen molar-refractivity contribution in [2.75, 3.05) is 7.11 Å². The summed E-state index contributed by atoms with van der Waals surface area (Å²) < 4.78 is 16.6. The van der Waals surface area contributed by atoms with E-state index in [1.165, 1.54) is 0 Å². The van der Waals surface area contributed by atoms with Crippen molar-refractivity contribution in [2.24, 2.45) is 0 Å². The van der Waals surface area contributed by atoms with Crippen molar-refractivity contribution in [1.82, 2.24) is 20.5 Å². The lowest BCUT2D eigenvalue weighted by atomic mass is 10.2. The van der Waals surface area contributed by atoms with Crippen molar-refractivity contribution < 1.29 is 18.7 Å². The molecule has 0 unspecified atom stereocenters. The third-order valence-corrected chi connectivity index (χ3v) is 4.83. The molecule has 4 aromatic rings. The first-order chi connectivity index (χ1) is 16.2. The summed E-state index contributed by atoms with van der Waals surface area (Å²) in [6.07, 6.45) is 3.21. The van der Waals surface area contributed by atoms with Crippen molar-refractivity contribution in [3.63, 3.8) is 0 Å². The van der Waals surface area contributed by atoms with Crippen LogP contribution in [0.3, 0.4) is 0 Å². The SMILES string of the molecule is COc1cccc(Oc2ccc(CNC(=O)CCCc3nnc(-c4ccccc4)o3)cn2)c1. The van der Waals surface area contributed by atoms with E-state index in [1.54, 1.807) is 25.4 Å². The molecule has 0 aliphatic rings. The zero-order valence-electron chi connectivity index (χ0n) is 18.2. The summed E-state index contributed by atoms with van der Waals surface area (Å²) in [6.45, 7) is 0.393. The zero-order chi connectivity index (χ0) is 22.9. The molecule has 0 saturated heterocycles. The number of pyridine rings is 1. The molecule has 2 aromatic carbocycles. The molecule has 0 saturated carbocycles. The second-order valence-electron chi connectivity index (χ2n) is 7.28. The number of carbonyl (C=O) groups is 1. The minimum absolute atomic E-state index is 0.0468. The lowest BCUT2D eigenvalue weighted by Crippen LogP contribution is -2.22. The van der Waals surface area contributed by atoms with E-state index in [4.69, 9.17) is 13.9 Å². The van der Waals surface area contributed by atoms with Gasteiger partial charge in [0.2, 0.25) is 23.6 Å². The number of amides is 1. The first-order valence-electron chi connectivity index (χ1n) is 10.6. The lowest BCUT2D eigenvalue weighted by Gasteiger charge is -2.08. The zero-order valence-corrected chi connectivity index (χ0v) is 18.2. The number of aromatic nitrogens is 3. The average Bonchev–Trinajstić information content (AvgIpc) is 3.33. The van der Waals surface area contributed by atoms with Gasteiger partial charge in [-0.2, -0.15) is 0 Å². The summed E-state index contributed by atoms with van der Waals surface area (Å²) in [4.78, 5) is 16.5. The van der Waals surface area contributed by atoms with E-state index in [9.17, 15) is 4.79 Å². The molecule has 0 bridgehead atoms. The van der Waals surface area contributed by atoms with Crippen molar-refractivity contribution in [3.05, 3.63) is 84.4 Å². The number of rotatable bonds is 10. The summed E-state index contributed by atoms with van der Waals surface area (Å²) in [5.74, 6) is 2.78. The van der Waals surface area contributed by atoms with Crippen LogP contribution in [-0.2, 0) is 17.8 Å². The van der Waals surface area contributed by atoms with Crippen LogP contribution in [0.4, 0.5) is 0 Å². The minimum Gasteiger partial charge on any atom is -0.497 e. The molecule has 0 spiro atoms. The molecule has 168 valence electrons. The van der Waals surface area contributed by atoms with Crippen LogP contribution < -0.4 is 14.8 Å². The maximum absolute atomic E-state index is 12.2. The van der Waals surface area contributed by atoms with Gasteiger partial charge in [0.1, 0.15) is 11.5 Å². The Kier molecular flexibility index (Phi) is 7.27. The number of methoxy groups -OCH3 is 1. The van der Waals surface area contributed by atoms with E-state index >= 15 is 0 Å². The Morgan fingerprint density at radius 3 is 2.64 bits per heavy atom. The molecule has 2 aromatic heterocycles. The van der Waals surface area contributed by atoms with E-state index in [-0.39, 0.29) is 5.91 Å².